The number of likely N-dealkylation sites (N-methyl/N-ethyl adjacent to an activating group) is 2. The molecule has 3 atom stereocenters. The van der Waals surface area contributed by atoms with Crippen LogP contribution in [0.4, 0.5) is 0 Å². The van der Waals surface area contributed by atoms with E-state index in [4.69, 9.17) is 4.74 Å². The number of aryl methyl sites for hydroxylation is 2. The predicted molar refractivity (Wildman–Crippen MR) is 91.1 cm³/mol. The van der Waals surface area contributed by atoms with Crippen molar-refractivity contribution in [3.8, 4) is 0 Å². The van der Waals surface area contributed by atoms with Gasteiger partial charge >= 0.3 is 0 Å². The Morgan fingerprint density at radius 1 is 1.14 bits per heavy atom. The van der Waals surface area contributed by atoms with Gasteiger partial charge in [-0.2, -0.15) is 0 Å². The Kier molecular flexibility index (Phi) is 9.20. The molecule has 0 amide bonds. The van der Waals surface area contributed by atoms with Crippen molar-refractivity contribution in [3.63, 3.8) is 0 Å². The highest BCUT2D eigenvalue weighted by Crippen LogP contribution is 2.08. The molecule has 1 aromatic heterocycles. The molecule has 0 saturated heterocycles. The third-order valence-electron chi connectivity index (χ3n) is 4.07. The lowest BCUT2D eigenvalue weighted by Crippen LogP contribution is -2.48. The van der Waals surface area contributed by atoms with E-state index >= 15 is 0 Å². The van der Waals surface area contributed by atoms with Crippen LogP contribution in [0, 0.1) is 6.92 Å². The Labute approximate surface area is 135 Å². The predicted octanol–water partition coefficient (Wildman–Crippen LogP) is 2.10. The van der Waals surface area contributed by atoms with E-state index in [9.17, 15) is 0 Å². The maximum Gasteiger partial charge on any atom is 0.128 e. The zero-order valence-electron chi connectivity index (χ0n) is 14.7. The van der Waals surface area contributed by atoms with Gasteiger partial charge in [0.15, 0.2) is 0 Å². The van der Waals surface area contributed by atoms with Crippen molar-refractivity contribution in [2.45, 2.75) is 64.6 Å². The van der Waals surface area contributed by atoms with Crippen molar-refractivity contribution in [2.24, 2.45) is 0 Å². The zero-order chi connectivity index (χ0) is 16.4. The number of hydrogen-bond donors (Lipinski definition) is 2. The third kappa shape index (κ3) is 6.81. The molecule has 0 radical (unpaired) electrons. The highest BCUT2D eigenvalue weighted by molar-refractivity contribution is 5.01. The molecule has 0 spiro atoms. The molecule has 5 heteroatoms. The van der Waals surface area contributed by atoms with Gasteiger partial charge in [0.05, 0.1) is 12.7 Å². The third-order valence-corrected chi connectivity index (χ3v) is 4.07. The Hall–Kier alpha value is -1.04. The first-order chi connectivity index (χ1) is 10.6. The van der Waals surface area contributed by atoms with Crippen LogP contribution < -0.4 is 10.6 Å². The normalized spacial score (nSPS) is 15.5. The second kappa shape index (κ2) is 10.6. The minimum atomic E-state index is 0.260. The van der Waals surface area contributed by atoms with Crippen LogP contribution in [0.25, 0.3) is 0 Å². The smallest absolute Gasteiger partial charge is 0.128 e. The molecule has 22 heavy (non-hydrogen) atoms. The van der Waals surface area contributed by atoms with E-state index in [-0.39, 0.29) is 6.10 Å². The Bertz CT molecular complexity index is 392. The van der Waals surface area contributed by atoms with Crippen LogP contribution in [0.5, 0.6) is 0 Å². The molecule has 0 fully saturated rings. The lowest BCUT2D eigenvalue weighted by molar-refractivity contribution is 0.0379. The molecule has 5 nitrogen and oxygen atoms in total. The molecule has 2 unspecified atom stereocenters. The van der Waals surface area contributed by atoms with Crippen molar-refractivity contribution in [1.82, 2.24) is 20.6 Å². The van der Waals surface area contributed by atoms with Gasteiger partial charge in [-0.1, -0.05) is 6.92 Å². The summed E-state index contributed by atoms with van der Waals surface area (Å²) in [5.41, 5.74) is 1.11. The standard InChI is InChI=1S/C17H32N4O/c1-6-15(18-4)16(19-5)12-22-14(3)8-7-9-17-20-10-13(2)11-21-17/h10-11,14-16,18-19H,6-9,12H2,1-5H3/t14-,15?,16?/m0/s1. The van der Waals surface area contributed by atoms with Gasteiger partial charge in [-0.05, 0) is 52.8 Å². The molecule has 0 aliphatic rings. The SMILES string of the molecule is CCC(NC)C(CO[C@@H](C)CCCc1ncc(C)cn1)NC. The minimum Gasteiger partial charge on any atom is -0.377 e. The quantitative estimate of drug-likeness (QED) is 0.655. The molecule has 0 bridgehead atoms. The van der Waals surface area contributed by atoms with Gasteiger partial charge in [0, 0.05) is 30.9 Å². The average Bonchev–Trinajstić information content (AvgIpc) is 2.53. The van der Waals surface area contributed by atoms with Crippen LogP contribution in [0.15, 0.2) is 12.4 Å². The summed E-state index contributed by atoms with van der Waals surface area (Å²) in [4.78, 5) is 8.68. The summed E-state index contributed by atoms with van der Waals surface area (Å²) in [5.74, 6) is 0.923. The minimum absolute atomic E-state index is 0.260. The van der Waals surface area contributed by atoms with Gasteiger partial charge < -0.3 is 15.4 Å². The first-order valence-electron chi connectivity index (χ1n) is 8.34. The largest absolute Gasteiger partial charge is 0.377 e. The Morgan fingerprint density at radius 3 is 2.32 bits per heavy atom. The molecule has 0 aliphatic heterocycles. The molecular weight excluding hydrogens is 276 g/mol. The molecule has 2 N–H and O–H groups in total. The van der Waals surface area contributed by atoms with E-state index in [2.05, 4.69) is 34.4 Å². The van der Waals surface area contributed by atoms with Crippen LogP contribution in [0.2, 0.25) is 0 Å². The van der Waals surface area contributed by atoms with Crippen molar-refractivity contribution in [2.75, 3.05) is 20.7 Å². The Morgan fingerprint density at radius 2 is 1.77 bits per heavy atom. The highest BCUT2D eigenvalue weighted by atomic mass is 16.5. The number of nitrogens with one attached hydrogen (secondary N) is 2. The summed E-state index contributed by atoms with van der Waals surface area (Å²) in [5, 5.41) is 6.68. The fourth-order valence-corrected chi connectivity index (χ4v) is 2.54. The van der Waals surface area contributed by atoms with Crippen molar-refractivity contribution < 1.29 is 4.74 Å². The van der Waals surface area contributed by atoms with E-state index < -0.39 is 0 Å². The molecule has 126 valence electrons. The maximum atomic E-state index is 5.99. The second-order valence-corrected chi connectivity index (χ2v) is 5.91. The fourth-order valence-electron chi connectivity index (χ4n) is 2.54. The molecular formula is C17H32N4O. The topological polar surface area (TPSA) is 59.1 Å². The van der Waals surface area contributed by atoms with Gasteiger partial charge in [-0.25, -0.2) is 9.97 Å². The molecule has 0 aliphatic carbocycles. The van der Waals surface area contributed by atoms with Gasteiger partial charge in [0.25, 0.3) is 0 Å². The summed E-state index contributed by atoms with van der Waals surface area (Å²) in [6, 6.07) is 0.788. The van der Waals surface area contributed by atoms with Crippen LogP contribution in [-0.2, 0) is 11.2 Å². The number of rotatable bonds is 11. The number of hydrogen-bond acceptors (Lipinski definition) is 5. The van der Waals surface area contributed by atoms with E-state index in [1.807, 2.05) is 33.4 Å². The first-order valence-corrected chi connectivity index (χ1v) is 8.34. The second-order valence-electron chi connectivity index (χ2n) is 5.91. The molecule has 1 rings (SSSR count). The summed E-state index contributed by atoms with van der Waals surface area (Å²) >= 11 is 0. The maximum absolute atomic E-state index is 5.99. The van der Waals surface area contributed by atoms with Gasteiger partial charge in [-0.15, -0.1) is 0 Å². The lowest BCUT2D eigenvalue weighted by Gasteiger charge is -2.26. The van der Waals surface area contributed by atoms with Crippen molar-refractivity contribution >= 4 is 0 Å². The van der Waals surface area contributed by atoms with Gasteiger partial charge in [-0.3, -0.25) is 0 Å². The monoisotopic (exact) mass is 308 g/mol. The Balaban J connectivity index is 2.24. The van der Waals surface area contributed by atoms with Crippen LogP contribution >= 0.6 is 0 Å². The van der Waals surface area contributed by atoms with Crippen LogP contribution in [-0.4, -0.2) is 48.9 Å². The summed E-state index contributed by atoms with van der Waals surface area (Å²) < 4.78 is 5.99. The number of nitrogens with zero attached hydrogens (tertiary/aromatic N) is 2. The summed E-state index contributed by atoms with van der Waals surface area (Å²) in [6.45, 7) is 7.07. The van der Waals surface area contributed by atoms with E-state index in [0.29, 0.717) is 12.1 Å². The van der Waals surface area contributed by atoms with Gasteiger partial charge in [0.1, 0.15) is 5.82 Å². The zero-order valence-corrected chi connectivity index (χ0v) is 14.7. The summed E-state index contributed by atoms with van der Waals surface area (Å²) in [6.07, 6.45) is 8.10. The van der Waals surface area contributed by atoms with Crippen LogP contribution in [0.3, 0.4) is 0 Å². The molecule has 0 aromatic carbocycles. The number of aromatic nitrogens is 2. The molecule has 1 aromatic rings. The van der Waals surface area contributed by atoms with Crippen molar-refractivity contribution in [3.05, 3.63) is 23.8 Å². The fraction of sp³-hybridized carbons (Fsp3) is 0.765. The lowest BCUT2D eigenvalue weighted by atomic mass is 10.1. The first kappa shape index (κ1) is 19.0. The van der Waals surface area contributed by atoms with E-state index in [1.54, 1.807) is 0 Å². The highest BCUT2D eigenvalue weighted by Gasteiger charge is 2.17. The van der Waals surface area contributed by atoms with Gasteiger partial charge in [0.2, 0.25) is 0 Å². The van der Waals surface area contributed by atoms with E-state index in [0.717, 1.165) is 43.7 Å². The summed E-state index contributed by atoms with van der Waals surface area (Å²) in [7, 11) is 4.00. The van der Waals surface area contributed by atoms with Crippen LogP contribution in [0.1, 0.15) is 44.5 Å². The average molecular weight is 308 g/mol. The molecule has 0 saturated carbocycles. The van der Waals surface area contributed by atoms with E-state index in [1.165, 1.54) is 0 Å². The molecule has 1 heterocycles. The number of ether oxygens (including phenoxy) is 1. The van der Waals surface area contributed by atoms with Crippen molar-refractivity contribution in [1.29, 1.82) is 0 Å².